The van der Waals surface area contributed by atoms with Crippen LogP contribution in [0.2, 0.25) is 0 Å². The Balaban J connectivity index is 1.65. The molecule has 148 valence electrons. The fourth-order valence-electron chi connectivity index (χ4n) is 3.96. The largest absolute Gasteiger partial charge is 0.335 e. The predicted molar refractivity (Wildman–Crippen MR) is 108 cm³/mol. The van der Waals surface area contributed by atoms with Gasteiger partial charge in [0.2, 0.25) is 5.82 Å². The number of likely N-dealkylation sites (N-methyl/N-ethyl adjacent to an activating group) is 1. The molecule has 28 heavy (non-hydrogen) atoms. The molecule has 1 aromatic carbocycles. The second kappa shape index (κ2) is 7.75. The van der Waals surface area contributed by atoms with Gasteiger partial charge in [0.05, 0.1) is 5.69 Å². The molecule has 0 bridgehead atoms. The lowest BCUT2D eigenvalue weighted by Gasteiger charge is -2.32. The highest BCUT2D eigenvalue weighted by molar-refractivity contribution is 6.05. The molecule has 7 nitrogen and oxygen atoms in total. The zero-order valence-electron chi connectivity index (χ0n) is 16.6. The fraction of sp³-hybridized carbons (Fsp3) is 0.476. The number of para-hydroxylation sites is 1. The number of piperazine rings is 1. The number of hydrogen-bond donors (Lipinski definition) is 0. The van der Waals surface area contributed by atoms with Crippen molar-refractivity contribution in [3.8, 4) is 0 Å². The van der Waals surface area contributed by atoms with Gasteiger partial charge in [-0.1, -0.05) is 18.2 Å². The first kappa shape index (κ1) is 18.7. The molecular formula is C21H27N5O2. The van der Waals surface area contributed by atoms with Crippen LogP contribution in [0.3, 0.4) is 0 Å². The van der Waals surface area contributed by atoms with Gasteiger partial charge < -0.3 is 19.3 Å². The normalized spacial score (nSPS) is 17.3. The molecule has 1 saturated heterocycles. The van der Waals surface area contributed by atoms with Gasteiger partial charge in [0.1, 0.15) is 5.69 Å². The maximum Gasteiger partial charge on any atom is 0.294 e. The highest BCUT2D eigenvalue weighted by Gasteiger charge is 2.32. The average Bonchev–Trinajstić information content (AvgIpc) is 3.13. The van der Waals surface area contributed by atoms with Crippen LogP contribution in [-0.2, 0) is 13.0 Å². The summed E-state index contributed by atoms with van der Waals surface area (Å²) in [7, 11) is 3.82. The second-order valence-corrected chi connectivity index (χ2v) is 7.63. The topological polar surface area (TPSA) is 61.7 Å². The van der Waals surface area contributed by atoms with Crippen molar-refractivity contribution in [2.75, 3.05) is 45.2 Å². The van der Waals surface area contributed by atoms with Crippen LogP contribution in [0.1, 0.15) is 39.6 Å². The third-order valence-corrected chi connectivity index (χ3v) is 5.75. The molecule has 2 aromatic rings. The van der Waals surface area contributed by atoms with E-state index in [1.807, 2.05) is 39.8 Å². The first-order chi connectivity index (χ1) is 13.6. The quantitative estimate of drug-likeness (QED) is 0.815. The minimum atomic E-state index is -0.174. The molecule has 1 aromatic heterocycles. The molecule has 0 radical (unpaired) electrons. The van der Waals surface area contributed by atoms with Gasteiger partial charge in [-0.2, -0.15) is 0 Å². The zero-order chi connectivity index (χ0) is 19.7. The molecule has 0 atom stereocenters. The molecule has 2 aliphatic heterocycles. The maximum atomic E-state index is 13.2. The van der Waals surface area contributed by atoms with Gasteiger partial charge in [-0.25, -0.2) is 4.98 Å². The molecule has 0 spiro atoms. The second-order valence-electron chi connectivity index (χ2n) is 7.63. The van der Waals surface area contributed by atoms with Gasteiger partial charge in [-0.3, -0.25) is 9.59 Å². The molecule has 0 aliphatic carbocycles. The van der Waals surface area contributed by atoms with Gasteiger partial charge in [0, 0.05) is 45.5 Å². The maximum absolute atomic E-state index is 13.2. The Kier molecular flexibility index (Phi) is 5.17. The van der Waals surface area contributed by atoms with Gasteiger partial charge in [-0.05, 0) is 38.4 Å². The van der Waals surface area contributed by atoms with Gasteiger partial charge in [0.15, 0.2) is 0 Å². The van der Waals surface area contributed by atoms with Crippen molar-refractivity contribution in [3.63, 3.8) is 0 Å². The third kappa shape index (κ3) is 3.42. The van der Waals surface area contributed by atoms with Crippen molar-refractivity contribution in [1.82, 2.24) is 19.4 Å². The third-order valence-electron chi connectivity index (χ3n) is 5.75. The number of carbonyl (C=O) groups is 2. The molecule has 4 rings (SSSR count). The smallest absolute Gasteiger partial charge is 0.294 e. The Bertz CT molecular complexity index is 868. The minimum absolute atomic E-state index is 0.0415. The van der Waals surface area contributed by atoms with Crippen molar-refractivity contribution in [2.24, 2.45) is 0 Å². The molecule has 2 aliphatic rings. The van der Waals surface area contributed by atoms with Crippen molar-refractivity contribution in [3.05, 3.63) is 47.5 Å². The first-order valence-corrected chi connectivity index (χ1v) is 9.96. The number of benzene rings is 1. The molecule has 0 saturated carbocycles. The first-order valence-electron chi connectivity index (χ1n) is 9.96. The van der Waals surface area contributed by atoms with E-state index in [1.165, 1.54) is 0 Å². The van der Waals surface area contributed by atoms with Gasteiger partial charge in [-0.15, -0.1) is 0 Å². The summed E-state index contributed by atoms with van der Waals surface area (Å²) in [6.07, 6.45) is 2.82. The Labute approximate surface area is 165 Å². The van der Waals surface area contributed by atoms with E-state index >= 15 is 0 Å². The highest BCUT2D eigenvalue weighted by atomic mass is 16.2. The highest BCUT2D eigenvalue weighted by Crippen LogP contribution is 2.24. The number of fused-ring (bicyclic) bond motifs is 1. The fourth-order valence-corrected chi connectivity index (χ4v) is 3.96. The SMILES string of the molecule is CN1CCN(C(=O)c2nc(C(=O)N(C)c3ccccc3)n3c2CCCC3)CC1. The number of nitrogens with zero attached hydrogens (tertiary/aromatic N) is 5. The number of anilines is 1. The molecule has 0 unspecified atom stereocenters. The Morgan fingerprint density at radius 3 is 2.43 bits per heavy atom. The Hall–Kier alpha value is -2.67. The van der Waals surface area contributed by atoms with Gasteiger partial charge in [0.25, 0.3) is 11.8 Å². The summed E-state index contributed by atoms with van der Waals surface area (Å²) in [5.41, 5.74) is 2.20. The predicted octanol–water partition coefficient (Wildman–Crippen LogP) is 1.88. The molecule has 0 N–H and O–H groups in total. The summed E-state index contributed by atoms with van der Waals surface area (Å²) in [4.78, 5) is 36.6. The van der Waals surface area contributed by atoms with Crippen molar-refractivity contribution >= 4 is 17.5 Å². The lowest BCUT2D eigenvalue weighted by atomic mass is 10.1. The molecular weight excluding hydrogens is 354 g/mol. The summed E-state index contributed by atoms with van der Waals surface area (Å²) in [6.45, 7) is 3.88. The number of rotatable bonds is 3. The van der Waals surface area contributed by atoms with Crippen LogP contribution >= 0.6 is 0 Å². The van der Waals surface area contributed by atoms with Crippen LogP contribution in [-0.4, -0.2) is 71.4 Å². The van der Waals surface area contributed by atoms with E-state index in [2.05, 4.69) is 16.9 Å². The summed E-state index contributed by atoms with van der Waals surface area (Å²) in [5, 5.41) is 0. The zero-order valence-corrected chi connectivity index (χ0v) is 16.6. The van der Waals surface area contributed by atoms with E-state index < -0.39 is 0 Å². The van der Waals surface area contributed by atoms with Crippen LogP contribution in [0.5, 0.6) is 0 Å². The molecule has 1 fully saturated rings. The van der Waals surface area contributed by atoms with Crippen LogP contribution in [0, 0.1) is 0 Å². The lowest BCUT2D eigenvalue weighted by molar-refractivity contribution is 0.0657. The molecule has 3 heterocycles. The monoisotopic (exact) mass is 381 g/mol. The summed E-state index contributed by atoms with van der Waals surface area (Å²) in [5.74, 6) is 0.158. The van der Waals surface area contributed by atoms with Crippen LogP contribution in [0.4, 0.5) is 5.69 Å². The Morgan fingerprint density at radius 2 is 1.71 bits per heavy atom. The van der Waals surface area contributed by atoms with Crippen LogP contribution in [0.25, 0.3) is 0 Å². The minimum Gasteiger partial charge on any atom is -0.335 e. The van der Waals surface area contributed by atoms with E-state index in [0.717, 1.165) is 50.3 Å². The van der Waals surface area contributed by atoms with E-state index in [9.17, 15) is 9.59 Å². The number of hydrogen-bond acceptors (Lipinski definition) is 4. The van der Waals surface area contributed by atoms with Gasteiger partial charge >= 0.3 is 0 Å². The van der Waals surface area contributed by atoms with Crippen LogP contribution in [0.15, 0.2) is 30.3 Å². The van der Waals surface area contributed by atoms with Crippen molar-refractivity contribution in [1.29, 1.82) is 0 Å². The van der Waals surface area contributed by atoms with E-state index in [-0.39, 0.29) is 11.8 Å². The van der Waals surface area contributed by atoms with Crippen molar-refractivity contribution < 1.29 is 9.59 Å². The number of carbonyl (C=O) groups excluding carboxylic acids is 2. The average molecular weight is 381 g/mol. The molecule has 2 amide bonds. The number of amides is 2. The summed E-state index contributed by atoms with van der Waals surface area (Å²) >= 11 is 0. The summed E-state index contributed by atoms with van der Waals surface area (Å²) < 4.78 is 1.97. The van der Waals surface area contributed by atoms with E-state index in [0.29, 0.717) is 24.6 Å². The standard InChI is InChI=1S/C21H27N5O2/c1-23-12-14-25(15-13-23)20(27)18-17-10-6-7-11-26(17)19(22-18)21(28)24(2)16-8-4-3-5-9-16/h3-5,8-9H,6-7,10-15H2,1-2H3. The van der Waals surface area contributed by atoms with Crippen molar-refractivity contribution in [2.45, 2.75) is 25.8 Å². The van der Waals surface area contributed by atoms with E-state index in [1.54, 1.807) is 11.9 Å². The number of imidazole rings is 1. The Morgan fingerprint density at radius 1 is 1.00 bits per heavy atom. The van der Waals surface area contributed by atoms with Crippen LogP contribution < -0.4 is 4.90 Å². The summed E-state index contributed by atoms with van der Waals surface area (Å²) in [6, 6.07) is 9.53. The number of aromatic nitrogens is 2. The molecule has 7 heteroatoms. The van der Waals surface area contributed by atoms with E-state index in [4.69, 9.17) is 0 Å². The lowest BCUT2D eigenvalue weighted by Crippen LogP contribution is -2.47.